The van der Waals surface area contributed by atoms with Gasteiger partial charge in [-0.05, 0) is 51.5 Å². The largest absolute Gasteiger partial charge is 0.462 e. The van der Waals surface area contributed by atoms with Crippen LogP contribution in [0.25, 0.3) is 0 Å². The highest BCUT2D eigenvalue weighted by Crippen LogP contribution is 2.40. The van der Waals surface area contributed by atoms with Crippen LogP contribution in [0.1, 0.15) is 53.0 Å². The number of fused-ring (bicyclic) bond motifs is 1. The fourth-order valence-corrected chi connectivity index (χ4v) is 6.36. The van der Waals surface area contributed by atoms with Gasteiger partial charge < -0.3 is 10.1 Å². The first-order valence-electron chi connectivity index (χ1n) is 8.98. The van der Waals surface area contributed by atoms with Gasteiger partial charge in [0.15, 0.2) is 4.34 Å². The number of anilines is 1. The molecule has 0 radical (unpaired) electrons. The average molecular weight is 426 g/mol. The molecule has 0 aromatic carbocycles. The summed E-state index contributed by atoms with van der Waals surface area (Å²) in [6, 6.07) is 0. The minimum atomic E-state index is -0.347. The van der Waals surface area contributed by atoms with Gasteiger partial charge in [-0.25, -0.2) is 4.79 Å². The van der Waals surface area contributed by atoms with Crippen LogP contribution < -0.4 is 5.32 Å². The molecule has 3 rings (SSSR count). The van der Waals surface area contributed by atoms with Gasteiger partial charge in [-0.1, -0.05) is 30.0 Å². The maximum absolute atomic E-state index is 12.7. The molecule has 0 saturated heterocycles. The van der Waals surface area contributed by atoms with Gasteiger partial charge in [0.25, 0.3) is 0 Å². The van der Waals surface area contributed by atoms with Crippen molar-refractivity contribution >= 4 is 51.3 Å². The lowest BCUT2D eigenvalue weighted by Crippen LogP contribution is -2.23. The second kappa shape index (κ2) is 8.70. The van der Waals surface area contributed by atoms with Crippen molar-refractivity contribution in [3.8, 4) is 0 Å². The van der Waals surface area contributed by atoms with Crippen LogP contribution in [-0.4, -0.2) is 33.9 Å². The highest BCUT2D eigenvalue weighted by Gasteiger charge is 2.30. The second-order valence-corrected chi connectivity index (χ2v) is 10.5. The SMILES string of the molecule is CCOC(=O)c1c(NC(=O)C(C)Sc2nnc(C)s2)sc2c1CCC(C)C2. The Kier molecular flexibility index (Phi) is 6.54. The summed E-state index contributed by atoms with van der Waals surface area (Å²) in [5.41, 5.74) is 1.59. The fourth-order valence-electron chi connectivity index (χ4n) is 3.00. The topological polar surface area (TPSA) is 81.2 Å². The lowest BCUT2D eigenvalue weighted by atomic mass is 9.88. The van der Waals surface area contributed by atoms with E-state index in [-0.39, 0.29) is 17.1 Å². The molecule has 0 fully saturated rings. The van der Waals surface area contributed by atoms with Gasteiger partial charge in [0.1, 0.15) is 10.0 Å². The summed E-state index contributed by atoms with van der Waals surface area (Å²) in [7, 11) is 0. The average Bonchev–Trinajstić information content (AvgIpc) is 3.17. The number of hydrogen-bond acceptors (Lipinski definition) is 8. The van der Waals surface area contributed by atoms with Crippen molar-refractivity contribution in [1.82, 2.24) is 10.2 Å². The third-order valence-electron chi connectivity index (χ3n) is 4.38. The van der Waals surface area contributed by atoms with E-state index in [1.807, 2.05) is 13.8 Å². The molecule has 0 bridgehead atoms. The standard InChI is InChI=1S/C18H23N3O3S3/c1-5-24-17(23)14-12-7-6-9(2)8-13(12)27-16(14)19-15(22)10(3)25-18-21-20-11(4)26-18/h9-10H,5-8H2,1-4H3,(H,19,22). The Morgan fingerprint density at radius 3 is 2.81 bits per heavy atom. The first kappa shape index (κ1) is 20.3. The highest BCUT2D eigenvalue weighted by molar-refractivity contribution is 8.02. The molecule has 2 aromatic heterocycles. The quantitative estimate of drug-likeness (QED) is 0.548. The number of thioether (sulfide) groups is 1. The lowest BCUT2D eigenvalue weighted by Gasteiger charge is -2.18. The van der Waals surface area contributed by atoms with E-state index in [2.05, 4.69) is 22.4 Å². The van der Waals surface area contributed by atoms with Crippen LogP contribution in [0.4, 0.5) is 5.00 Å². The van der Waals surface area contributed by atoms with E-state index in [9.17, 15) is 9.59 Å². The number of ether oxygens (including phenoxy) is 1. The lowest BCUT2D eigenvalue weighted by molar-refractivity contribution is -0.115. The van der Waals surface area contributed by atoms with E-state index < -0.39 is 0 Å². The number of hydrogen-bond donors (Lipinski definition) is 1. The third-order valence-corrected chi connectivity index (χ3v) is 7.57. The number of amides is 1. The van der Waals surface area contributed by atoms with Gasteiger partial charge in [-0.15, -0.1) is 21.5 Å². The van der Waals surface area contributed by atoms with E-state index in [0.29, 0.717) is 23.1 Å². The smallest absolute Gasteiger partial charge is 0.341 e. The Labute approximate surface area is 171 Å². The molecule has 27 heavy (non-hydrogen) atoms. The van der Waals surface area contributed by atoms with Crippen molar-refractivity contribution in [3.63, 3.8) is 0 Å². The minimum Gasteiger partial charge on any atom is -0.462 e. The number of carbonyl (C=O) groups is 2. The van der Waals surface area contributed by atoms with Crippen molar-refractivity contribution in [2.24, 2.45) is 5.92 Å². The molecule has 0 spiro atoms. The van der Waals surface area contributed by atoms with Crippen LogP contribution in [0.2, 0.25) is 0 Å². The maximum Gasteiger partial charge on any atom is 0.341 e. The Morgan fingerprint density at radius 2 is 2.15 bits per heavy atom. The predicted molar refractivity (Wildman–Crippen MR) is 110 cm³/mol. The number of carbonyl (C=O) groups excluding carboxylic acids is 2. The maximum atomic E-state index is 12.7. The third kappa shape index (κ3) is 4.70. The van der Waals surface area contributed by atoms with Crippen molar-refractivity contribution in [1.29, 1.82) is 0 Å². The van der Waals surface area contributed by atoms with Crippen LogP contribution in [0.15, 0.2) is 4.34 Å². The molecule has 146 valence electrons. The van der Waals surface area contributed by atoms with E-state index in [0.717, 1.165) is 34.2 Å². The van der Waals surface area contributed by atoms with Crippen LogP contribution >= 0.6 is 34.4 Å². The summed E-state index contributed by atoms with van der Waals surface area (Å²) in [5.74, 6) is 0.0924. The molecule has 1 amide bonds. The summed E-state index contributed by atoms with van der Waals surface area (Å²) in [6.07, 6.45) is 2.84. The van der Waals surface area contributed by atoms with E-state index >= 15 is 0 Å². The molecule has 2 atom stereocenters. The summed E-state index contributed by atoms with van der Waals surface area (Å²) in [4.78, 5) is 26.4. The summed E-state index contributed by atoms with van der Waals surface area (Å²) < 4.78 is 6.02. The van der Waals surface area contributed by atoms with E-state index in [1.165, 1.54) is 39.3 Å². The number of aromatic nitrogens is 2. The molecule has 1 N–H and O–H groups in total. The van der Waals surface area contributed by atoms with Crippen LogP contribution in [0, 0.1) is 12.8 Å². The number of aryl methyl sites for hydroxylation is 1. The molecular weight excluding hydrogens is 402 g/mol. The van der Waals surface area contributed by atoms with Crippen LogP contribution in [0.3, 0.4) is 0 Å². The van der Waals surface area contributed by atoms with Gasteiger partial charge in [-0.2, -0.15) is 0 Å². The number of nitrogens with zero attached hydrogens (tertiary/aromatic N) is 2. The van der Waals surface area contributed by atoms with Crippen molar-refractivity contribution in [3.05, 3.63) is 21.0 Å². The molecule has 2 unspecified atom stereocenters. The minimum absolute atomic E-state index is 0.148. The first-order valence-corrected chi connectivity index (χ1v) is 11.5. The summed E-state index contributed by atoms with van der Waals surface area (Å²) >= 11 is 4.35. The molecule has 2 aromatic rings. The molecule has 1 aliphatic rings. The molecule has 2 heterocycles. The molecule has 1 aliphatic carbocycles. The van der Waals surface area contributed by atoms with Crippen LogP contribution in [-0.2, 0) is 22.4 Å². The van der Waals surface area contributed by atoms with Crippen molar-refractivity contribution < 1.29 is 14.3 Å². The highest BCUT2D eigenvalue weighted by atomic mass is 32.2. The first-order chi connectivity index (χ1) is 12.9. The van der Waals surface area contributed by atoms with Gasteiger partial charge in [0.2, 0.25) is 5.91 Å². The fraction of sp³-hybridized carbons (Fsp3) is 0.556. The molecular formula is C18H23N3O3S3. The van der Waals surface area contributed by atoms with E-state index in [1.54, 1.807) is 6.92 Å². The number of thiophene rings is 1. The number of nitrogens with one attached hydrogen (secondary N) is 1. The van der Waals surface area contributed by atoms with Gasteiger partial charge >= 0.3 is 5.97 Å². The molecule has 6 nitrogen and oxygen atoms in total. The van der Waals surface area contributed by atoms with Gasteiger partial charge in [0, 0.05) is 4.88 Å². The normalized spacial score (nSPS) is 17.3. The van der Waals surface area contributed by atoms with Crippen molar-refractivity contribution in [2.45, 2.75) is 56.5 Å². The van der Waals surface area contributed by atoms with Crippen molar-refractivity contribution in [2.75, 3.05) is 11.9 Å². The number of rotatable bonds is 6. The summed E-state index contributed by atoms with van der Waals surface area (Å²) in [5, 5.41) is 12.1. The zero-order valence-electron chi connectivity index (χ0n) is 15.8. The monoisotopic (exact) mass is 425 g/mol. The Bertz CT molecular complexity index is 846. The van der Waals surface area contributed by atoms with Crippen LogP contribution in [0.5, 0.6) is 0 Å². The Hall–Kier alpha value is -1.45. The van der Waals surface area contributed by atoms with E-state index in [4.69, 9.17) is 4.74 Å². The summed E-state index contributed by atoms with van der Waals surface area (Å²) in [6.45, 7) is 8.04. The molecule has 0 saturated carbocycles. The Morgan fingerprint density at radius 1 is 1.37 bits per heavy atom. The predicted octanol–water partition coefficient (Wildman–Crippen LogP) is 4.33. The molecule has 9 heteroatoms. The van der Waals surface area contributed by atoms with Gasteiger partial charge in [-0.3, -0.25) is 4.79 Å². The zero-order valence-corrected chi connectivity index (χ0v) is 18.3. The Balaban J connectivity index is 1.80. The second-order valence-electron chi connectivity index (χ2n) is 6.61. The van der Waals surface area contributed by atoms with Gasteiger partial charge in [0.05, 0.1) is 17.4 Å². The zero-order chi connectivity index (χ0) is 19.6. The molecule has 0 aliphatic heterocycles. The number of esters is 1.